The summed E-state index contributed by atoms with van der Waals surface area (Å²) in [5.41, 5.74) is 0. The van der Waals surface area contributed by atoms with Crippen molar-refractivity contribution < 1.29 is 64.6 Å². The first kappa shape index (κ1) is 73.3. The first-order valence-corrected chi connectivity index (χ1v) is 31.8. The van der Waals surface area contributed by atoms with Crippen molar-refractivity contribution in [1.82, 2.24) is 5.32 Å². The summed E-state index contributed by atoms with van der Waals surface area (Å²) in [6, 6.07) is -0.952. The number of unbranched alkanes of at least 4 members (excludes halogenated alkanes) is 25. The van der Waals surface area contributed by atoms with Crippen molar-refractivity contribution in [3.05, 3.63) is 85.1 Å². The number of rotatable bonds is 50. The summed E-state index contributed by atoms with van der Waals surface area (Å²) in [5.74, 6) is -0.269. The molecule has 2 aliphatic rings. The number of amides is 1. The van der Waals surface area contributed by atoms with Gasteiger partial charge >= 0.3 is 0 Å². The predicted molar refractivity (Wildman–Crippen MR) is 323 cm³/mol. The summed E-state index contributed by atoms with van der Waals surface area (Å²) in [6.07, 6.45) is 52.0. The number of carbonyl (C=O) groups is 1. The molecule has 2 fully saturated rings. The third-order valence-corrected chi connectivity index (χ3v) is 15.0. The van der Waals surface area contributed by atoms with Gasteiger partial charge in [-0.2, -0.15) is 0 Å². The molecule has 0 radical (unpaired) electrons. The molecule has 0 bridgehead atoms. The minimum atomic E-state index is -1.80. The molecule has 12 atom stereocenters. The molecule has 462 valence electrons. The van der Waals surface area contributed by atoms with Crippen LogP contribution in [0.5, 0.6) is 0 Å². The van der Waals surface area contributed by atoms with Crippen molar-refractivity contribution in [3.63, 3.8) is 0 Å². The Balaban J connectivity index is 1.76. The molecule has 12 unspecified atom stereocenters. The first-order chi connectivity index (χ1) is 39.1. The molecule has 2 heterocycles. The number of hydrogen-bond acceptors (Lipinski definition) is 13. The maximum atomic E-state index is 13.3. The highest BCUT2D eigenvalue weighted by Crippen LogP contribution is 2.30. The van der Waals surface area contributed by atoms with E-state index in [1.54, 1.807) is 6.08 Å². The van der Waals surface area contributed by atoms with Crippen LogP contribution >= 0.6 is 0 Å². The van der Waals surface area contributed by atoms with Crippen LogP contribution in [0, 0.1) is 0 Å². The van der Waals surface area contributed by atoms with Crippen LogP contribution in [-0.2, 0) is 23.7 Å². The highest BCUT2D eigenvalue weighted by atomic mass is 16.7. The number of aliphatic hydroxyl groups excluding tert-OH is 8. The van der Waals surface area contributed by atoms with Crippen molar-refractivity contribution in [2.24, 2.45) is 0 Å². The molecule has 14 nitrogen and oxygen atoms in total. The molecule has 0 aromatic heterocycles. The van der Waals surface area contributed by atoms with E-state index in [4.69, 9.17) is 18.9 Å². The van der Waals surface area contributed by atoms with E-state index in [9.17, 15) is 45.6 Å². The Bertz CT molecular complexity index is 1660. The summed E-state index contributed by atoms with van der Waals surface area (Å²) >= 11 is 0. The summed E-state index contributed by atoms with van der Waals surface area (Å²) in [4.78, 5) is 13.3. The molecule has 0 aliphatic carbocycles. The highest BCUT2D eigenvalue weighted by Gasteiger charge is 2.51. The Morgan fingerprint density at radius 3 is 1.38 bits per heavy atom. The number of allylic oxidation sites excluding steroid dienone is 13. The quantitative estimate of drug-likeness (QED) is 0.0204. The van der Waals surface area contributed by atoms with Gasteiger partial charge in [0, 0.05) is 6.42 Å². The van der Waals surface area contributed by atoms with Crippen LogP contribution in [0.3, 0.4) is 0 Å². The zero-order valence-electron chi connectivity index (χ0n) is 49.8. The number of ether oxygens (including phenoxy) is 4. The number of nitrogens with one attached hydrogen (secondary N) is 1. The number of carbonyl (C=O) groups excluding carboxylic acids is 1. The largest absolute Gasteiger partial charge is 0.394 e. The molecule has 2 saturated heterocycles. The summed E-state index contributed by atoms with van der Waals surface area (Å²) < 4.78 is 22.8. The third kappa shape index (κ3) is 35.3. The third-order valence-electron chi connectivity index (χ3n) is 15.0. The first-order valence-electron chi connectivity index (χ1n) is 31.8. The predicted octanol–water partition coefficient (Wildman–Crippen LogP) is 11.7. The van der Waals surface area contributed by atoms with Gasteiger partial charge in [0.05, 0.1) is 32.0 Å². The average Bonchev–Trinajstić information content (AvgIpc) is 3.48. The average molecular weight is 1130 g/mol. The summed E-state index contributed by atoms with van der Waals surface area (Å²) in [7, 11) is 0. The van der Waals surface area contributed by atoms with E-state index in [0.717, 1.165) is 89.9 Å². The maximum Gasteiger partial charge on any atom is 0.220 e. The minimum Gasteiger partial charge on any atom is -0.394 e. The van der Waals surface area contributed by atoms with Crippen LogP contribution in [0.4, 0.5) is 0 Å². The minimum absolute atomic E-state index is 0.249. The lowest BCUT2D eigenvalue weighted by Gasteiger charge is -2.46. The highest BCUT2D eigenvalue weighted by molar-refractivity contribution is 5.76. The van der Waals surface area contributed by atoms with Crippen LogP contribution < -0.4 is 5.32 Å². The second kappa shape index (κ2) is 50.7. The van der Waals surface area contributed by atoms with Gasteiger partial charge in [0.25, 0.3) is 0 Å². The molecule has 0 aromatic carbocycles. The van der Waals surface area contributed by atoms with E-state index in [1.165, 1.54) is 109 Å². The van der Waals surface area contributed by atoms with Gasteiger partial charge in [0.15, 0.2) is 12.6 Å². The molecule has 14 heteroatoms. The number of aliphatic hydroxyl groups is 8. The van der Waals surface area contributed by atoms with Crippen LogP contribution in [-0.4, -0.2) is 140 Å². The van der Waals surface area contributed by atoms with Crippen LogP contribution in [0.1, 0.15) is 232 Å². The van der Waals surface area contributed by atoms with Gasteiger partial charge in [0.1, 0.15) is 48.8 Å². The van der Waals surface area contributed by atoms with Crippen LogP contribution in [0.25, 0.3) is 0 Å². The topological polar surface area (TPSA) is 228 Å². The summed E-state index contributed by atoms with van der Waals surface area (Å²) in [6.45, 7) is 2.66. The molecule has 2 rings (SSSR count). The second-order valence-corrected chi connectivity index (χ2v) is 22.1. The van der Waals surface area contributed by atoms with E-state index in [2.05, 4.69) is 92.1 Å². The van der Waals surface area contributed by atoms with E-state index in [-0.39, 0.29) is 18.9 Å². The molecule has 0 saturated carbocycles. The van der Waals surface area contributed by atoms with Crippen molar-refractivity contribution >= 4 is 5.91 Å². The van der Waals surface area contributed by atoms with Gasteiger partial charge in [-0.25, -0.2) is 0 Å². The Labute approximate surface area is 484 Å². The van der Waals surface area contributed by atoms with Gasteiger partial charge in [-0.05, 0) is 83.5 Å². The molecule has 1 amide bonds. The van der Waals surface area contributed by atoms with Gasteiger partial charge < -0.3 is 65.1 Å². The van der Waals surface area contributed by atoms with Crippen LogP contribution in [0.2, 0.25) is 0 Å². The fraction of sp³-hybridized carbons (Fsp3) is 0.773. The SMILES string of the molecule is CC/C=C\C/C=C\C/C=C\C/C=C\CCCCCCCCC(=O)NC(COC1OC(CO)C(OC2OC(CO)C(O)C(O)C2O)C(O)C1O)C(O)/C=C/CC/C=C/CC/C=C/CCCCCCCCCCCCCCCCCCC. The Morgan fingerprint density at radius 2 is 0.875 bits per heavy atom. The molecule has 0 aromatic rings. The molecule has 2 aliphatic heterocycles. The van der Waals surface area contributed by atoms with Crippen molar-refractivity contribution in [2.75, 3.05) is 19.8 Å². The molecule has 80 heavy (non-hydrogen) atoms. The summed E-state index contributed by atoms with van der Waals surface area (Å²) in [5, 5.41) is 87.2. The lowest BCUT2D eigenvalue weighted by Crippen LogP contribution is -2.65. The molecule has 9 N–H and O–H groups in total. The van der Waals surface area contributed by atoms with Crippen molar-refractivity contribution in [2.45, 2.75) is 306 Å². The normalized spacial score (nSPS) is 24.8. The lowest BCUT2D eigenvalue weighted by atomic mass is 9.97. The zero-order chi connectivity index (χ0) is 58.1. The standard InChI is InChI=1S/C66H115NO13/c1-3-5-7-9-11-13-15-17-19-21-23-24-25-26-27-28-29-30-32-33-35-37-39-41-43-45-47-49-55(70)54(67-58(71)50-48-46-44-42-40-38-36-34-31-22-20-18-16-14-12-10-8-6-4-2)53-77-65-63(76)61(74)64(57(52-69)79-65)80-66-62(75)60(73)59(72)56(51-68)78-66/h6,8,12,14,18,20,31-34,39,41,47,49,54-57,59-66,68-70,72-76H,3-5,7,9-11,13,15-17,19,21-30,35-38,40,42-46,48,50-53H2,1-2H3,(H,67,71)/b8-6-,14-12-,20-18-,33-32+,34-31-,41-39+,49-47+. The van der Waals surface area contributed by atoms with Gasteiger partial charge in [-0.1, -0.05) is 227 Å². The van der Waals surface area contributed by atoms with E-state index in [1.807, 2.05) is 6.08 Å². The molecule has 0 spiro atoms. The van der Waals surface area contributed by atoms with E-state index < -0.39 is 86.8 Å². The van der Waals surface area contributed by atoms with Crippen LogP contribution in [0.15, 0.2) is 85.1 Å². The van der Waals surface area contributed by atoms with Crippen molar-refractivity contribution in [3.8, 4) is 0 Å². The Morgan fingerprint density at radius 1 is 0.463 bits per heavy atom. The van der Waals surface area contributed by atoms with E-state index >= 15 is 0 Å². The van der Waals surface area contributed by atoms with Crippen molar-refractivity contribution in [1.29, 1.82) is 0 Å². The van der Waals surface area contributed by atoms with Gasteiger partial charge in [0.2, 0.25) is 5.91 Å². The van der Waals surface area contributed by atoms with Gasteiger partial charge in [-0.15, -0.1) is 0 Å². The van der Waals surface area contributed by atoms with E-state index in [0.29, 0.717) is 12.8 Å². The lowest BCUT2D eigenvalue weighted by molar-refractivity contribution is -0.359. The second-order valence-electron chi connectivity index (χ2n) is 22.1. The smallest absolute Gasteiger partial charge is 0.220 e. The Hall–Kier alpha value is -2.83. The Kier molecular flexibility index (Phi) is 46.4. The zero-order valence-corrected chi connectivity index (χ0v) is 49.8. The monoisotopic (exact) mass is 1130 g/mol. The fourth-order valence-electron chi connectivity index (χ4n) is 9.96. The van der Waals surface area contributed by atoms with Gasteiger partial charge in [-0.3, -0.25) is 4.79 Å². The number of hydrogen-bond donors (Lipinski definition) is 9. The maximum absolute atomic E-state index is 13.3. The molecular formula is C66H115NO13. The molecular weight excluding hydrogens is 1010 g/mol. The fourth-order valence-corrected chi connectivity index (χ4v) is 9.96.